The lowest BCUT2D eigenvalue weighted by molar-refractivity contribution is -0.204. The second kappa shape index (κ2) is 6.70. The Morgan fingerprint density at radius 3 is 2.65 bits per heavy atom. The standard InChI is InChI=1S/C14H18N2O4/c1-10-5-6-12(15-7-10)16-8-11(2)13(18)20-14(3,4)19-9-17/h5-9H,1-4H3,(H,15,16)/b11-8+. The first kappa shape index (κ1) is 15.7. The predicted molar refractivity (Wildman–Crippen MR) is 73.7 cm³/mol. The number of rotatable bonds is 6. The number of carbonyl (C=O) groups excluding carboxylic acids is 2. The Morgan fingerprint density at radius 2 is 2.10 bits per heavy atom. The van der Waals surface area contributed by atoms with Gasteiger partial charge < -0.3 is 14.8 Å². The largest absolute Gasteiger partial charge is 0.425 e. The maximum absolute atomic E-state index is 11.8. The van der Waals surface area contributed by atoms with Gasteiger partial charge in [0.05, 0.1) is 5.57 Å². The van der Waals surface area contributed by atoms with Gasteiger partial charge in [0.15, 0.2) is 0 Å². The molecule has 0 atom stereocenters. The number of ether oxygens (including phenoxy) is 2. The van der Waals surface area contributed by atoms with Crippen molar-refractivity contribution >= 4 is 18.3 Å². The lowest BCUT2D eigenvalue weighted by atomic mass is 10.3. The van der Waals surface area contributed by atoms with Crippen LogP contribution in [0.15, 0.2) is 30.1 Å². The molecule has 1 heterocycles. The van der Waals surface area contributed by atoms with Crippen molar-refractivity contribution in [2.75, 3.05) is 5.32 Å². The summed E-state index contributed by atoms with van der Waals surface area (Å²) in [4.78, 5) is 26.2. The molecule has 20 heavy (non-hydrogen) atoms. The molecule has 0 fully saturated rings. The topological polar surface area (TPSA) is 77.5 Å². The van der Waals surface area contributed by atoms with Crippen molar-refractivity contribution in [2.45, 2.75) is 33.5 Å². The lowest BCUT2D eigenvalue weighted by Crippen LogP contribution is -2.31. The van der Waals surface area contributed by atoms with Gasteiger partial charge in [-0.05, 0) is 25.5 Å². The molecule has 1 N–H and O–H groups in total. The van der Waals surface area contributed by atoms with Gasteiger partial charge in [0.2, 0.25) is 0 Å². The Labute approximate surface area is 117 Å². The van der Waals surface area contributed by atoms with E-state index in [0.29, 0.717) is 11.4 Å². The van der Waals surface area contributed by atoms with E-state index in [-0.39, 0.29) is 6.47 Å². The number of nitrogens with zero attached hydrogens (tertiary/aromatic N) is 1. The van der Waals surface area contributed by atoms with Crippen LogP contribution >= 0.6 is 0 Å². The Morgan fingerprint density at radius 1 is 1.40 bits per heavy atom. The second-order valence-corrected chi connectivity index (χ2v) is 4.70. The van der Waals surface area contributed by atoms with Crippen molar-refractivity contribution in [1.82, 2.24) is 4.98 Å². The second-order valence-electron chi connectivity index (χ2n) is 4.70. The predicted octanol–water partition coefficient (Wildman–Crippen LogP) is 2.16. The highest BCUT2D eigenvalue weighted by Crippen LogP contribution is 2.13. The number of pyridine rings is 1. The van der Waals surface area contributed by atoms with E-state index in [1.165, 1.54) is 20.0 Å². The summed E-state index contributed by atoms with van der Waals surface area (Å²) in [5, 5.41) is 2.89. The Kier molecular flexibility index (Phi) is 5.25. The van der Waals surface area contributed by atoms with Crippen molar-refractivity contribution in [3.8, 4) is 0 Å². The maximum atomic E-state index is 11.8. The first-order valence-electron chi connectivity index (χ1n) is 6.05. The van der Waals surface area contributed by atoms with Crippen molar-refractivity contribution in [3.63, 3.8) is 0 Å². The average molecular weight is 278 g/mol. The molecule has 0 unspecified atom stereocenters. The molecule has 0 aliphatic rings. The molecule has 6 heteroatoms. The summed E-state index contributed by atoms with van der Waals surface area (Å²) >= 11 is 0. The van der Waals surface area contributed by atoms with E-state index < -0.39 is 11.8 Å². The van der Waals surface area contributed by atoms with Crippen LogP contribution in [-0.2, 0) is 19.1 Å². The number of aromatic nitrogens is 1. The number of anilines is 1. The van der Waals surface area contributed by atoms with Crippen LogP contribution in [0.3, 0.4) is 0 Å². The molecule has 6 nitrogen and oxygen atoms in total. The van der Waals surface area contributed by atoms with Crippen LogP contribution in [0, 0.1) is 6.92 Å². The quantitative estimate of drug-likeness (QED) is 0.372. The van der Waals surface area contributed by atoms with E-state index in [1.807, 2.05) is 13.0 Å². The van der Waals surface area contributed by atoms with Crippen molar-refractivity contribution in [3.05, 3.63) is 35.7 Å². The minimum absolute atomic E-state index is 0.237. The highest BCUT2D eigenvalue weighted by Gasteiger charge is 2.24. The number of aryl methyl sites for hydroxylation is 1. The number of hydrogen-bond donors (Lipinski definition) is 1. The fourth-order valence-electron chi connectivity index (χ4n) is 1.24. The molecule has 0 bridgehead atoms. The normalized spacial score (nSPS) is 11.7. The van der Waals surface area contributed by atoms with Gasteiger partial charge in [-0.25, -0.2) is 9.78 Å². The molecule has 0 aliphatic heterocycles. The van der Waals surface area contributed by atoms with Crippen molar-refractivity contribution in [2.24, 2.45) is 0 Å². The fourth-order valence-corrected chi connectivity index (χ4v) is 1.24. The molecule has 1 rings (SSSR count). The molecule has 0 aromatic carbocycles. The zero-order chi connectivity index (χ0) is 15.2. The van der Waals surface area contributed by atoms with E-state index in [4.69, 9.17) is 4.74 Å². The zero-order valence-electron chi connectivity index (χ0n) is 12.0. The molecule has 0 spiro atoms. The summed E-state index contributed by atoms with van der Waals surface area (Å²) in [7, 11) is 0. The maximum Gasteiger partial charge on any atom is 0.338 e. The summed E-state index contributed by atoms with van der Waals surface area (Å²) in [5.41, 5.74) is 1.37. The Hall–Kier alpha value is -2.37. The van der Waals surface area contributed by atoms with Gasteiger partial charge >= 0.3 is 5.97 Å². The highest BCUT2D eigenvalue weighted by molar-refractivity contribution is 5.88. The first-order valence-corrected chi connectivity index (χ1v) is 6.05. The van der Waals surface area contributed by atoms with Crippen molar-refractivity contribution < 1.29 is 19.1 Å². The molecule has 108 valence electrons. The Balaban J connectivity index is 2.62. The summed E-state index contributed by atoms with van der Waals surface area (Å²) in [6.45, 7) is 6.70. The molecule has 0 radical (unpaired) electrons. The average Bonchev–Trinajstić information content (AvgIpc) is 2.37. The molecule has 0 amide bonds. The third-order valence-electron chi connectivity index (χ3n) is 2.34. The highest BCUT2D eigenvalue weighted by atomic mass is 16.7. The molecule has 0 saturated carbocycles. The van der Waals surface area contributed by atoms with Crippen LogP contribution in [0.4, 0.5) is 5.82 Å². The lowest BCUT2D eigenvalue weighted by Gasteiger charge is -2.22. The summed E-state index contributed by atoms with van der Waals surface area (Å²) in [6.07, 6.45) is 3.20. The number of nitrogens with one attached hydrogen (secondary N) is 1. The molecule has 1 aromatic heterocycles. The van der Waals surface area contributed by atoms with E-state index in [0.717, 1.165) is 5.56 Å². The third kappa shape index (κ3) is 5.09. The minimum atomic E-state index is -1.30. The number of carbonyl (C=O) groups is 2. The van der Waals surface area contributed by atoms with Crippen LogP contribution in [-0.4, -0.2) is 23.2 Å². The van der Waals surface area contributed by atoms with Crippen LogP contribution in [0.1, 0.15) is 26.3 Å². The van der Waals surface area contributed by atoms with Crippen LogP contribution in [0.5, 0.6) is 0 Å². The van der Waals surface area contributed by atoms with Gasteiger partial charge in [-0.3, -0.25) is 4.79 Å². The molecule has 0 aliphatic carbocycles. The van der Waals surface area contributed by atoms with E-state index in [2.05, 4.69) is 15.0 Å². The molecular weight excluding hydrogens is 260 g/mol. The molecule has 1 aromatic rings. The number of esters is 1. The monoisotopic (exact) mass is 278 g/mol. The fraction of sp³-hybridized carbons (Fsp3) is 0.357. The van der Waals surface area contributed by atoms with Gasteiger partial charge in [0, 0.05) is 26.2 Å². The van der Waals surface area contributed by atoms with Gasteiger partial charge in [-0.2, -0.15) is 0 Å². The van der Waals surface area contributed by atoms with Gasteiger partial charge in [-0.1, -0.05) is 6.07 Å². The summed E-state index contributed by atoms with van der Waals surface area (Å²) in [5.74, 6) is -1.27. The summed E-state index contributed by atoms with van der Waals surface area (Å²) < 4.78 is 9.67. The SMILES string of the molecule is C/C(=C\Nc1ccc(C)cn1)C(=O)OC(C)(C)OC=O. The molecular formula is C14H18N2O4. The van der Waals surface area contributed by atoms with Crippen LogP contribution in [0.25, 0.3) is 0 Å². The van der Waals surface area contributed by atoms with E-state index in [9.17, 15) is 9.59 Å². The van der Waals surface area contributed by atoms with Gasteiger partial charge in [-0.15, -0.1) is 0 Å². The zero-order valence-corrected chi connectivity index (χ0v) is 12.0. The van der Waals surface area contributed by atoms with E-state index in [1.54, 1.807) is 19.2 Å². The van der Waals surface area contributed by atoms with E-state index >= 15 is 0 Å². The van der Waals surface area contributed by atoms with Crippen LogP contribution in [0.2, 0.25) is 0 Å². The smallest absolute Gasteiger partial charge is 0.338 e. The Bertz CT molecular complexity index is 506. The van der Waals surface area contributed by atoms with Crippen molar-refractivity contribution in [1.29, 1.82) is 0 Å². The van der Waals surface area contributed by atoms with Crippen LogP contribution < -0.4 is 5.32 Å². The van der Waals surface area contributed by atoms with Gasteiger partial charge in [0.1, 0.15) is 5.82 Å². The number of hydrogen-bond acceptors (Lipinski definition) is 6. The van der Waals surface area contributed by atoms with Gasteiger partial charge in [0.25, 0.3) is 12.3 Å². The first-order chi connectivity index (χ1) is 9.34. The summed E-state index contributed by atoms with van der Waals surface area (Å²) in [6, 6.07) is 3.70. The molecule has 0 saturated heterocycles. The minimum Gasteiger partial charge on any atom is -0.425 e. The third-order valence-corrected chi connectivity index (χ3v) is 2.34.